The van der Waals surface area contributed by atoms with E-state index in [1.807, 2.05) is 0 Å². The number of aromatic nitrogens is 1. The second-order valence-corrected chi connectivity index (χ2v) is 4.55. The van der Waals surface area contributed by atoms with Crippen LogP contribution in [-0.4, -0.2) is 4.40 Å². The lowest BCUT2D eigenvalue weighted by Gasteiger charge is -2.05. The Morgan fingerprint density at radius 1 is 0.706 bits per heavy atom. The number of fused-ring (bicyclic) bond motifs is 1. The molecule has 1 aromatic carbocycles. The van der Waals surface area contributed by atoms with Crippen LogP contribution in [0.1, 0.15) is 11.3 Å². The van der Waals surface area contributed by atoms with Gasteiger partial charge in [-0.25, -0.2) is 0 Å². The van der Waals surface area contributed by atoms with Gasteiger partial charge in [0.1, 0.15) is 0 Å². The summed E-state index contributed by atoms with van der Waals surface area (Å²) in [4.78, 5) is 0. The summed E-state index contributed by atoms with van der Waals surface area (Å²) in [7, 11) is 0. The van der Waals surface area contributed by atoms with Crippen LogP contribution in [0.4, 0.5) is 0 Å². The molecule has 1 nitrogen and oxygen atoms in total. The Morgan fingerprint density at radius 2 is 1.35 bits per heavy atom. The molecule has 1 heteroatoms. The van der Waals surface area contributed by atoms with Gasteiger partial charge in [0.05, 0.1) is 0 Å². The summed E-state index contributed by atoms with van der Waals surface area (Å²) in [5.41, 5.74) is 6.35. The van der Waals surface area contributed by atoms with E-state index in [1.165, 1.54) is 27.9 Å². The highest BCUT2D eigenvalue weighted by Crippen LogP contribution is 2.21. The zero-order chi connectivity index (χ0) is 11.8. The molecule has 3 aromatic rings. The lowest BCUT2D eigenvalue weighted by atomic mass is 10.1. The molecule has 0 spiro atoms. The maximum Gasteiger partial charge on any atom is 0.0453 e. The molecule has 17 heavy (non-hydrogen) atoms. The molecule has 0 unspecified atom stereocenters. The van der Waals surface area contributed by atoms with E-state index in [4.69, 9.17) is 0 Å². The van der Waals surface area contributed by atoms with E-state index >= 15 is 0 Å². The fourth-order valence-corrected chi connectivity index (χ4v) is 2.16. The molecular weight excluding hydrogens is 206 g/mol. The van der Waals surface area contributed by atoms with Crippen molar-refractivity contribution in [2.24, 2.45) is 0 Å². The minimum atomic E-state index is 1.25. The van der Waals surface area contributed by atoms with Crippen LogP contribution in [0.5, 0.6) is 0 Å². The van der Waals surface area contributed by atoms with E-state index in [1.54, 1.807) is 0 Å². The Balaban J connectivity index is 2.17. The van der Waals surface area contributed by atoms with Crippen LogP contribution in [0.3, 0.4) is 0 Å². The van der Waals surface area contributed by atoms with Crippen LogP contribution in [0, 0.1) is 13.8 Å². The fraction of sp³-hybridized carbons (Fsp3) is 0.125. The van der Waals surface area contributed by atoms with Gasteiger partial charge in [0.15, 0.2) is 0 Å². The number of hydrogen-bond acceptors (Lipinski definition) is 0. The number of nitrogens with zero attached hydrogens (tertiary/aromatic N) is 1. The molecule has 0 N–H and O–H groups in total. The Labute approximate surface area is 101 Å². The number of rotatable bonds is 1. The summed E-state index contributed by atoms with van der Waals surface area (Å²) < 4.78 is 2.23. The van der Waals surface area contributed by atoms with Gasteiger partial charge in [-0.2, -0.15) is 0 Å². The second kappa shape index (κ2) is 3.77. The third-order valence-electron chi connectivity index (χ3n) is 3.24. The van der Waals surface area contributed by atoms with Crippen molar-refractivity contribution in [3.8, 4) is 11.1 Å². The van der Waals surface area contributed by atoms with Gasteiger partial charge in [-0.3, -0.25) is 0 Å². The third kappa shape index (κ3) is 1.74. The third-order valence-corrected chi connectivity index (χ3v) is 3.24. The first-order valence-electron chi connectivity index (χ1n) is 5.89. The lowest BCUT2D eigenvalue weighted by Crippen LogP contribution is -1.88. The number of benzene rings is 1. The Hall–Kier alpha value is -2.02. The first-order valence-corrected chi connectivity index (χ1v) is 5.89. The average Bonchev–Trinajstić information content (AvgIpc) is 2.72. The van der Waals surface area contributed by atoms with E-state index in [-0.39, 0.29) is 0 Å². The molecule has 0 bridgehead atoms. The van der Waals surface area contributed by atoms with Crippen molar-refractivity contribution in [1.82, 2.24) is 4.40 Å². The minimum Gasteiger partial charge on any atom is -0.321 e. The first-order chi connectivity index (χ1) is 8.24. The standard InChI is InChI=1S/C16H15N/c1-12-3-6-14(7-4-12)15-8-10-16-9-5-13(2)17(16)11-15/h3-11H,1-2H3. The molecule has 84 valence electrons. The SMILES string of the molecule is Cc1ccc(-c2ccc3ccc(C)n3c2)cc1. The molecule has 0 aliphatic heterocycles. The molecule has 0 amide bonds. The van der Waals surface area contributed by atoms with Gasteiger partial charge in [-0.15, -0.1) is 0 Å². The van der Waals surface area contributed by atoms with E-state index in [2.05, 4.69) is 73.0 Å². The van der Waals surface area contributed by atoms with E-state index < -0.39 is 0 Å². The monoisotopic (exact) mass is 221 g/mol. The van der Waals surface area contributed by atoms with Crippen molar-refractivity contribution in [1.29, 1.82) is 0 Å². The maximum absolute atomic E-state index is 2.23. The Bertz CT molecular complexity index is 660. The molecule has 0 fully saturated rings. The maximum atomic E-state index is 2.23. The highest BCUT2D eigenvalue weighted by molar-refractivity contribution is 5.66. The van der Waals surface area contributed by atoms with Crippen LogP contribution in [0.25, 0.3) is 16.6 Å². The zero-order valence-corrected chi connectivity index (χ0v) is 10.1. The van der Waals surface area contributed by atoms with Crippen molar-refractivity contribution in [2.45, 2.75) is 13.8 Å². The molecular formula is C16H15N. The van der Waals surface area contributed by atoms with E-state index in [9.17, 15) is 0 Å². The smallest absolute Gasteiger partial charge is 0.0453 e. The van der Waals surface area contributed by atoms with Gasteiger partial charge in [0.25, 0.3) is 0 Å². The van der Waals surface area contributed by atoms with Gasteiger partial charge in [-0.05, 0) is 43.2 Å². The van der Waals surface area contributed by atoms with Gasteiger partial charge in [0.2, 0.25) is 0 Å². The molecule has 0 aliphatic rings. The van der Waals surface area contributed by atoms with Gasteiger partial charge < -0.3 is 4.40 Å². The summed E-state index contributed by atoms with van der Waals surface area (Å²) in [6.07, 6.45) is 2.20. The predicted molar refractivity (Wildman–Crippen MR) is 72.3 cm³/mol. The highest BCUT2D eigenvalue weighted by Gasteiger charge is 2.01. The number of hydrogen-bond donors (Lipinski definition) is 0. The van der Waals surface area contributed by atoms with Crippen LogP contribution in [0.2, 0.25) is 0 Å². The van der Waals surface area contributed by atoms with Crippen LogP contribution in [-0.2, 0) is 0 Å². The van der Waals surface area contributed by atoms with Crippen molar-refractivity contribution in [3.05, 3.63) is 66.0 Å². The van der Waals surface area contributed by atoms with Crippen LogP contribution >= 0.6 is 0 Å². The van der Waals surface area contributed by atoms with Gasteiger partial charge in [0, 0.05) is 17.4 Å². The van der Waals surface area contributed by atoms with Crippen molar-refractivity contribution in [2.75, 3.05) is 0 Å². The summed E-state index contributed by atoms with van der Waals surface area (Å²) in [5, 5.41) is 0. The van der Waals surface area contributed by atoms with Gasteiger partial charge in [-0.1, -0.05) is 35.9 Å². The van der Waals surface area contributed by atoms with E-state index in [0.29, 0.717) is 0 Å². The fourth-order valence-electron chi connectivity index (χ4n) is 2.16. The molecule has 0 atom stereocenters. The Morgan fingerprint density at radius 3 is 2.12 bits per heavy atom. The largest absolute Gasteiger partial charge is 0.321 e. The molecule has 0 aliphatic carbocycles. The van der Waals surface area contributed by atoms with Crippen LogP contribution in [0.15, 0.2) is 54.7 Å². The lowest BCUT2D eigenvalue weighted by molar-refractivity contribution is 1.11. The molecule has 2 heterocycles. The molecule has 0 radical (unpaired) electrons. The summed E-state index contributed by atoms with van der Waals surface area (Å²) in [6, 6.07) is 17.3. The molecule has 0 saturated carbocycles. The van der Waals surface area contributed by atoms with Crippen molar-refractivity contribution in [3.63, 3.8) is 0 Å². The normalized spacial score (nSPS) is 10.9. The number of pyridine rings is 1. The average molecular weight is 221 g/mol. The minimum absolute atomic E-state index is 1.25. The zero-order valence-electron chi connectivity index (χ0n) is 10.1. The Kier molecular flexibility index (Phi) is 2.25. The topological polar surface area (TPSA) is 4.41 Å². The summed E-state index contributed by atoms with van der Waals surface area (Å²) in [5.74, 6) is 0. The molecule has 2 aromatic heterocycles. The second-order valence-electron chi connectivity index (χ2n) is 4.55. The van der Waals surface area contributed by atoms with Gasteiger partial charge >= 0.3 is 0 Å². The first kappa shape index (κ1) is 10.2. The summed E-state index contributed by atoms with van der Waals surface area (Å²) in [6.45, 7) is 4.25. The highest BCUT2D eigenvalue weighted by atomic mass is 14.9. The molecule has 3 rings (SSSR count). The van der Waals surface area contributed by atoms with E-state index in [0.717, 1.165) is 0 Å². The van der Waals surface area contributed by atoms with Crippen molar-refractivity contribution < 1.29 is 0 Å². The van der Waals surface area contributed by atoms with Crippen LogP contribution < -0.4 is 0 Å². The predicted octanol–water partition coefficient (Wildman–Crippen LogP) is 4.22. The number of aryl methyl sites for hydroxylation is 2. The van der Waals surface area contributed by atoms with Crippen molar-refractivity contribution >= 4 is 5.52 Å². The molecule has 0 saturated heterocycles. The quantitative estimate of drug-likeness (QED) is 0.579. The summed E-state index contributed by atoms with van der Waals surface area (Å²) >= 11 is 0.